The van der Waals surface area contributed by atoms with Gasteiger partial charge in [0.05, 0.1) is 4.90 Å². The topological polar surface area (TPSA) is 66.5 Å². The van der Waals surface area contributed by atoms with Gasteiger partial charge in [0.1, 0.15) is 6.04 Å². The van der Waals surface area contributed by atoms with Crippen LogP contribution in [-0.2, 0) is 14.8 Å². The molecule has 1 aromatic carbocycles. The molecule has 0 aromatic heterocycles. The Morgan fingerprint density at radius 3 is 2.47 bits per heavy atom. The number of amides is 1. The third kappa shape index (κ3) is 2.05. The third-order valence-corrected chi connectivity index (χ3v) is 4.79. The fourth-order valence-electron chi connectivity index (χ4n) is 1.81. The van der Waals surface area contributed by atoms with Gasteiger partial charge in [0.15, 0.2) is 0 Å². The average molecular weight is 254 g/mol. The van der Waals surface area contributed by atoms with Gasteiger partial charge < -0.3 is 5.32 Å². The van der Waals surface area contributed by atoms with Crippen molar-refractivity contribution in [3.63, 3.8) is 0 Å². The molecule has 17 heavy (non-hydrogen) atoms. The lowest BCUT2D eigenvalue weighted by atomic mass is 10.1. The molecule has 0 aliphatic carbocycles. The van der Waals surface area contributed by atoms with Crippen LogP contribution in [0.25, 0.3) is 0 Å². The predicted molar refractivity (Wildman–Crippen MR) is 62.8 cm³/mol. The van der Waals surface area contributed by atoms with Gasteiger partial charge in [-0.2, -0.15) is 4.31 Å². The largest absolute Gasteiger partial charge is 0.358 e. The number of benzene rings is 1. The first kappa shape index (κ1) is 12.1. The molecule has 1 amide bonds. The van der Waals surface area contributed by atoms with Crippen LogP contribution in [0.2, 0.25) is 0 Å². The summed E-state index contributed by atoms with van der Waals surface area (Å²) in [5, 5.41) is 2.48. The Hall–Kier alpha value is -1.40. The molecule has 1 aromatic rings. The van der Waals surface area contributed by atoms with Crippen LogP contribution >= 0.6 is 0 Å². The zero-order valence-corrected chi connectivity index (χ0v) is 10.3. The molecule has 5 nitrogen and oxygen atoms in total. The van der Waals surface area contributed by atoms with Gasteiger partial charge >= 0.3 is 0 Å². The van der Waals surface area contributed by atoms with Crippen molar-refractivity contribution in [2.24, 2.45) is 0 Å². The van der Waals surface area contributed by atoms with E-state index in [1.807, 2.05) is 0 Å². The van der Waals surface area contributed by atoms with E-state index in [-0.39, 0.29) is 10.8 Å². The molecule has 2 rings (SSSR count). The first-order valence-corrected chi connectivity index (χ1v) is 6.80. The van der Waals surface area contributed by atoms with Crippen LogP contribution in [0.15, 0.2) is 35.2 Å². The summed E-state index contributed by atoms with van der Waals surface area (Å²) in [6.45, 7) is 0.398. The first-order valence-electron chi connectivity index (χ1n) is 5.36. The molecule has 0 bridgehead atoms. The SMILES string of the molecule is CNC(=O)[C@H]1CCN1S(=O)(=O)c1ccccc1. The molecular weight excluding hydrogens is 240 g/mol. The van der Waals surface area contributed by atoms with Gasteiger partial charge in [-0.25, -0.2) is 8.42 Å². The molecule has 1 N–H and O–H groups in total. The van der Waals surface area contributed by atoms with Gasteiger partial charge in [-0.05, 0) is 18.6 Å². The van der Waals surface area contributed by atoms with Gasteiger partial charge in [0.25, 0.3) is 0 Å². The summed E-state index contributed by atoms with van der Waals surface area (Å²) in [5.41, 5.74) is 0. The molecule has 0 saturated carbocycles. The van der Waals surface area contributed by atoms with Gasteiger partial charge in [-0.1, -0.05) is 18.2 Å². The zero-order valence-electron chi connectivity index (χ0n) is 9.46. The Balaban J connectivity index is 2.26. The predicted octanol–water partition coefficient (Wildman–Crippen LogP) is 0.196. The summed E-state index contributed by atoms with van der Waals surface area (Å²) in [7, 11) is -2.03. The van der Waals surface area contributed by atoms with Crippen molar-refractivity contribution in [3.8, 4) is 0 Å². The van der Waals surface area contributed by atoms with Crippen LogP contribution < -0.4 is 5.32 Å². The second kappa shape index (κ2) is 4.46. The molecule has 0 radical (unpaired) electrons. The maximum atomic E-state index is 12.2. The standard InChI is InChI=1S/C11H14N2O3S/c1-12-11(14)10-7-8-13(10)17(15,16)9-5-3-2-4-6-9/h2-6,10H,7-8H2,1H3,(H,12,14)/t10-/m1/s1. The molecule has 1 saturated heterocycles. The average Bonchev–Trinajstić information content (AvgIpc) is 2.28. The lowest BCUT2D eigenvalue weighted by Crippen LogP contribution is -2.57. The van der Waals surface area contributed by atoms with E-state index in [4.69, 9.17) is 0 Å². The first-order chi connectivity index (χ1) is 8.07. The highest BCUT2D eigenvalue weighted by atomic mass is 32.2. The second-order valence-electron chi connectivity index (χ2n) is 3.85. The molecular formula is C11H14N2O3S. The molecule has 1 atom stereocenters. The van der Waals surface area contributed by atoms with Crippen molar-refractivity contribution in [3.05, 3.63) is 30.3 Å². The summed E-state index contributed by atoms with van der Waals surface area (Å²) in [6.07, 6.45) is 0.575. The number of hydrogen-bond donors (Lipinski definition) is 1. The highest BCUT2D eigenvalue weighted by molar-refractivity contribution is 7.89. The minimum atomic E-state index is -3.53. The normalized spacial score (nSPS) is 20.6. The van der Waals surface area contributed by atoms with E-state index in [0.29, 0.717) is 13.0 Å². The monoisotopic (exact) mass is 254 g/mol. The Bertz CT molecular complexity index is 513. The van der Waals surface area contributed by atoms with Gasteiger partial charge in [0, 0.05) is 13.6 Å². The van der Waals surface area contributed by atoms with E-state index in [1.165, 1.54) is 23.5 Å². The minimum Gasteiger partial charge on any atom is -0.358 e. The third-order valence-electron chi connectivity index (χ3n) is 2.87. The second-order valence-corrected chi connectivity index (χ2v) is 5.74. The summed E-state index contributed by atoms with van der Waals surface area (Å²) in [6, 6.07) is 7.60. The molecule has 1 fully saturated rings. The van der Waals surface area contributed by atoms with E-state index in [0.717, 1.165) is 0 Å². The molecule has 1 heterocycles. The van der Waals surface area contributed by atoms with Crippen LogP contribution in [0.3, 0.4) is 0 Å². The van der Waals surface area contributed by atoms with Gasteiger partial charge in [0.2, 0.25) is 15.9 Å². The van der Waals surface area contributed by atoms with Gasteiger partial charge in [-0.3, -0.25) is 4.79 Å². The fourth-order valence-corrected chi connectivity index (χ4v) is 3.46. The molecule has 1 aliphatic rings. The Labute approximate surface area is 100 Å². The molecule has 1 aliphatic heterocycles. The number of hydrogen-bond acceptors (Lipinski definition) is 3. The summed E-state index contributed by atoms with van der Waals surface area (Å²) in [4.78, 5) is 11.7. The number of carbonyl (C=O) groups is 1. The minimum absolute atomic E-state index is 0.230. The van der Waals surface area contributed by atoms with Crippen LogP contribution in [0.1, 0.15) is 6.42 Å². The van der Waals surface area contributed by atoms with Crippen molar-refractivity contribution in [1.29, 1.82) is 0 Å². The fraction of sp³-hybridized carbons (Fsp3) is 0.364. The maximum Gasteiger partial charge on any atom is 0.243 e. The Kier molecular flexibility index (Phi) is 3.17. The summed E-state index contributed by atoms with van der Waals surface area (Å²) < 4.78 is 25.6. The maximum absolute atomic E-state index is 12.2. The van der Waals surface area contributed by atoms with Crippen LogP contribution in [-0.4, -0.2) is 38.3 Å². The lowest BCUT2D eigenvalue weighted by molar-refractivity contribution is -0.127. The molecule has 92 valence electrons. The van der Waals surface area contributed by atoms with Crippen LogP contribution in [0.4, 0.5) is 0 Å². The zero-order chi connectivity index (χ0) is 12.5. The van der Waals surface area contributed by atoms with Crippen molar-refractivity contribution < 1.29 is 13.2 Å². The van der Waals surface area contributed by atoms with E-state index >= 15 is 0 Å². The summed E-state index contributed by atoms with van der Waals surface area (Å²) in [5.74, 6) is -0.254. The van der Waals surface area contributed by atoms with Gasteiger partial charge in [-0.15, -0.1) is 0 Å². The highest BCUT2D eigenvalue weighted by Crippen LogP contribution is 2.26. The van der Waals surface area contributed by atoms with Crippen molar-refractivity contribution in [2.45, 2.75) is 17.4 Å². The quantitative estimate of drug-likeness (QED) is 0.837. The smallest absolute Gasteiger partial charge is 0.243 e. The molecule has 0 unspecified atom stereocenters. The highest BCUT2D eigenvalue weighted by Gasteiger charge is 2.42. The van der Waals surface area contributed by atoms with E-state index in [1.54, 1.807) is 18.2 Å². The Morgan fingerprint density at radius 2 is 2.00 bits per heavy atom. The lowest BCUT2D eigenvalue weighted by Gasteiger charge is -2.38. The van der Waals surface area contributed by atoms with Crippen LogP contribution in [0.5, 0.6) is 0 Å². The number of nitrogens with zero attached hydrogens (tertiary/aromatic N) is 1. The van der Waals surface area contributed by atoms with Crippen molar-refractivity contribution >= 4 is 15.9 Å². The van der Waals surface area contributed by atoms with E-state index < -0.39 is 16.1 Å². The molecule has 6 heteroatoms. The van der Waals surface area contributed by atoms with E-state index in [2.05, 4.69) is 5.32 Å². The number of rotatable bonds is 3. The number of carbonyl (C=O) groups excluding carboxylic acids is 1. The molecule has 0 spiro atoms. The van der Waals surface area contributed by atoms with Crippen LogP contribution in [0, 0.1) is 0 Å². The number of nitrogens with one attached hydrogen (secondary N) is 1. The van der Waals surface area contributed by atoms with E-state index in [9.17, 15) is 13.2 Å². The van der Waals surface area contributed by atoms with Crippen molar-refractivity contribution in [1.82, 2.24) is 9.62 Å². The summed E-state index contributed by atoms with van der Waals surface area (Å²) >= 11 is 0. The number of likely N-dealkylation sites (N-methyl/N-ethyl adjacent to an activating group) is 1. The number of sulfonamides is 1. The Morgan fingerprint density at radius 1 is 1.35 bits per heavy atom. The van der Waals surface area contributed by atoms with Crippen molar-refractivity contribution in [2.75, 3.05) is 13.6 Å².